The van der Waals surface area contributed by atoms with E-state index in [1.807, 2.05) is 0 Å². The monoisotopic (exact) mass is 232 g/mol. The van der Waals surface area contributed by atoms with E-state index in [1.165, 1.54) is 18.5 Å². The minimum atomic E-state index is -3.31. The number of aromatic nitrogens is 1. The van der Waals surface area contributed by atoms with Crippen LogP contribution in [0.15, 0.2) is 18.5 Å². The minimum absolute atomic E-state index is 0.109. The Balaban J connectivity index is 2.82. The molecule has 0 bridgehead atoms. The van der Waals surface area contributed by atoms with E-state index in [0.717, 1.165) is 10.2 Å². The average Bonchev–Trinajstić information content (AvgIpc) is 2.51. The molecule has 0 spiro atoms. The first kappa shape index (κ1) is 11.7. The van der Waals surface area contributed by atoms with Crippen molar-refractivity contribution in [2.45, 2.75) is 12.5 Å². The van der Waals surface area contributed by atoms with Gasteiger partial charge in [0.2, 0.25) is 10.0 Å². The number of nitrogens with zero attached hydrogens (tertiary/aromatic N) is 1. The van der Waals surface area contributed by atoms with E-state index in [9.17, 15) is 13.2 Å². The maximum Gasteiger partial charge on any atom is 0.320 e. The van der Waals surface area contributed by atoms with Gasteiger partial charge in [0.05, 0.1) is 6.26 Å². The van der Waals surface area contributed by atoms with Crippen molar-refractivity contribution in [3.63, 3.8) is 0 Å². The molecular weight excluding hydrogens is 220 g/mol. The lowest BCUT2D eigenvalue weighted by atomic mass is 10.1. The Morgan fingerprint density at radius 3 is 2.67 bits per heavy atom. The first-order valence-electron chi connectivity index (χ1n) is 4.16. The van der Waals surface area contributed by atoms with Crippen LogP contribution in [-0.4, -0.2) is 35.8 Å². The van der Waals surface area contributed by atoms with Gasteiger partial charge in [-0.3, -0.25) is 8.77 Å². The maximum atomic E-state index is 11.1. The summed E-state index contributed by atoms with van der Waals surface area (Å²) in [7, 11) is -3.31. The van der Waals surface area contributed by atoms with Crippen molar-refractivity contribution >= 4 is 16.0 Å². The SMILES string of the molecule is CS(=O)(=O)n1ccc(CC(N)C(=O)O)c1. The number of carboxylic acids is 1. The highest BCUT2D eigenvalue weighted by molar-refractivity contribution is 7.89. The van der Waals surface area contributed by atoms with Gasteiger partial charge in [0.1, 0.15) is 6.04 Å². The fourth-order valence-electron chi connectivity index (χ4n) is 1.09. The lowest BCUT2D eigenvalue weighted by Crippen LogP contribution is -2.32. The first-order valence-corrected chi connectivity index (χ1v) is 6.01. The van der Waals surface area contributed by atoms with Crippen molar-refractivity contribution in [3.05, 3.63) is 24.0 Å². The Labute approximate surface area is 87.4 Å². The second kappa shape index (κ2) is 4.03. The van der Waals surface area contributed by atoms with Gasteiger partial charge in [-0.1, -0.05) is 0 Å². The van der Waals surface area contributed by atoms with Gasteiger partial charge in [-0.15, -0.1) is 0 Å². The number of rotatable bonds is 4. The highest BCUT2D eigenvalue weighted by atomic mass is 32.2. The van der Waals surface area contributed by atoms with Crippen LogP contribution in [0.25, 0.3) is 0 Å². The molecule has 0 aliphatic heterocycles. The molecule has 6 nitrogen and oxygen atoms in total. The van der Waals surface area contributed by atoms with E-state index in [0.29, 0.717) is 5.56 Å². The van der Waals surface area contributed by atoms with Crippen molar-refractivity contribution in [2.75, 3.05) is 6.26 Å². The van der Waals surface area contributed by atoms with Gasteiger partial charge in [0.25, 0.3) is 0 Å². The largest absolute Gasteiger partial charge is 0.480 e. The average molecular weight is 232 g/mol. The van der Waals surface area contributed by atoms with Gasteiger partial charge in [0.15, 0.2) is 0 Å². The molecule has 1 aromatic rings. The molecule has 84 valence electrons. The van der Waals surface area contributed by atoms with Crippen LogP contribution in [0.5, 0.6) is 0 Å². The van der Waals surface area contributed by atoms with E-state index in [4.69, 9.17) is 10.8 Å². The van der Waals surface area contributed by atoms with E-state index >= 15 is 0 Å². The molecule has 0 saturated carbocycles. The van der Waals surface area contributed by atoms with Gasteiger partial charge >= 0.3 is 5.97 Å². The van der Waals surface area contributed by atoms with Crippen molar-refractivity contribution in [3.8, 4) is 0 Å². The molecule has 0 amide bonds. The lowest BCUT2D eigenvalue weighted by Gasteiger charge is -2.03. The third kappa shape index (κ3) is 3.07. The second-order valence-corrected chi connectivity index (χ2v) is 5.15. The summed E-state index contributed by atoms with van der Waals surface area (Å²) in [5, 5.41) is 8.56. The summed E-state index contributed by atoms with van der Waals surface area (Å²) in [6.45, 7) is 0. The standard InChI is InChI=1S/C8H12N2O4S/c1-15(13,14)10-3-2-6(5-10)4-7(9)8(11)12/h2-3,5,7H,4,9H2,1H3,(H,11,12). The third-order valence-electron chi connectivity index (χ3n) is 1.88. The Morgan fingerprint density at radius 1 is 1.67 bits per heavy atom. The molecular formula is C8H12N2O4S. The van der Waals surface area contributed by atoms with Crippen molar-refractivity contribution in [2.24, 2.45) is 5.73 Å². The zero-order valence-corrected chi connectivity index (χ0v) is 8.94. The second-order valence-electron chi connectivity index (χ2n) is 3.26. The quantitative estimate of drug-likeness (QED) is 0.711. The van der Waals surface area contributed by atoms with Crippen LogP contribution < -0.4 is 5.73 Å². The predicted octanol–water partition coefficient (Wildman–Crippen LogP) is -0.750. The number of hydrogen-bond acceptors (Lipinski definition) is 4. The Bertz CT molecular complexity index is 463. The molecule has 0 aliphatic carbocycles. The van der Waals surface area contributed by atoms with E-state index < -0.39 is 22.0 Å². The fraction of sp³-hybridized carbons (Fsp3) is 0.375. The minimum Gasteiger partial charge on any atom is -0.480 e. The fourth-order valence-corrected chi connectivity index (χ4v) is 1.70. The smallest absolute Gasteiger partial charge is 0.320 e. The van der Waals surface area contributed by atoms with E-state index in [2.05, 4.69) is 0 Å². The number of hydrogen-bond donors (Lipinski definition) is 2. The molecule has 1 atom stereocenters. The summed E-state index contributed by atoms with van der Waals surface area (Å²) in [4.78, 5) is 10.5. The molecule has 15 heavy (non-hydrogen) atoms. The summed E-state index contributed by atoms with van der Waals surface area (Å²) in [6, 6.07) is 0.518. The predicted molar refractivity (Wildman–Crippen MR) is 54.0 cm³/mol. The highest BCUT2D eigenvalue weighted by Gasteiger charge is 2.14. The normalized spacial score (nSPS) is 13.7. The maximum absolute atomic E-state index is 11.1. The van der Waals surface area contributed by atoms with Crippen LogP contribution in [0.2, 0.25) is 0 Å². The first-order chi connectivity index (χ1) is 6.80. The molecule has 7 heteroatoms. The zero-order chi connectivity index (χ0) is 11.6. The Morgan fingerprint density at radius 2 is 2.27 bits per heavy atom. The molecule has 0 aromatic carbocycles. The topological polar surface area (TPSA) is 102 Å². The molecule has 3 N–H and O–H groups in total. The van der Waals surface area contributed by atoms with Crippen LogP contribution >= 0.6 is 0 Å². The van der Waals surface area contributed by atoms with Crippen molar-refractivity contribution in [1.29, 1.82) is 0 Å². The van der Waals surface area contributed by atoms with Crippen LogP contribution in [0.4, 0.5) is 0 Å². The lowest BCUT2D eigenvalue weighted by molar-refractivity contribution is -0.138. The van der Waals surface area contributed by atoms with Crippen LogP contribution in [0.1, 0.15) is 5.56 Å². The zero-order valence-electron chi connectivity index (χ0n) is 8.12. The molecule has 1 unspecified atom stereocenters. The van der Waals surface area contributed by atoms with Gasteiger partial charge in [0, 0.05) is 12.4 Å². The number of aliphatic carboxylic acids is 1. The molecule has 0 saturated heterocycles. The third-order valence-corrected chi connectivity index (χ3v) is 2.88. The molecule has 1 heterocycles. The van der Waals surface area contributed by atoms with Crippen molar-refractivity contribution in [1.82, 2.24) is 3.97 Å². The van der Waals surface area contributed by atoms with E-state index in [-0.39, 0.29) is 6.42 Å². The molecule has 0 fully saturated rings. The van der Waals surface area contributed by atoms with Crippen molar-refractivity contribution < 1.29 is 18.3 Å². The summed E-state index contributed by atoms with van der Waals surface area (Å²) < 4.78 is 23.2. The Hall–Kier alpha value is -1.34. The number of carbonyl (C=O) groups is 1. The van der Waals surface area contributed by atoms with Gasteiger partial charge < -0.3 is 10.8 Å². The number of carboxylic acid groups (broad SMARTS) is 1. The summed E-state index contributed by atoms with van der Waals surface area (Å²) in [5.74, 6) is -1.11. The Kier molecular flexibility index (Phi) is 3.15. The molecule has 1 rings (SSSR count). The molecule has 0 aliphatic rings. The van der Waals surface area contributed by atoms with Gasteiger partial charge in [-0.2, -0.15) is 0 Å². The van der Waals surface area contributed by atoms with E-state index in [1.54, 1.807) is 0 Å². The summed E-state index contributed by atoms with van der Waals surface area (Å²) in [5.41, 5.74) is 5.89. The van der Waals surface area contributed by atoms with Crippen LogP contribution in [0, 0.1) is 0 Å². The van der Waals surface area contributed by atoms with Gasteiger partial charge in [-0.25, -0.2) is 8.42 Å². The van der Waals surface area contributed by atoms with Crippen LogP contribution in [0.3, 0.4) is 0 Å². The van der Waals surface area contributed by atoms with Gasteiger partial charge in [-0.05, 0) is 18.1 Å². The molecule has 0 radical (unpaired) electrons. The van der Waals surface area contributed by atoms with Crippen LogP contribution in [-0.2, 0) is 21.2 Å². The summed E-state index contributed by atoms with van der Waals surface area (Å²) in [6.07, 6.45) is 3.89. The highest BCUT2D eigenvalue weighted by Crippen LogP contribution is 2.06. The molecule has 1 aromatic heterocycles. The summed E-state index contributed by atoms with van der Waals surface area (Å²) >= 11 is 0. The number of nitrogens with two attached hydrogens (primary N) is 1.